The van der Waals surface area contributed by atoms with Crippen LogP contribution in [-0.2, 0) is 11.2 Å². The van der Waals surface area contributed by atoms with Crippen LogP contribution < -0.4 is 10.6 Å². The summed E-state index contributed by atoms with van der Waals surface area (Å²) in [5.41, 5.74) is 0.725. The largest absolute Gasteiger partial charge is 0.440 e. The molecule has 0 bridgehead atoms. The highest BCUT2D eigenvalue weighted by atomic mass is 35.5. The van der Waals surface area contributed by atoms with Crippen molar-refractivity contribution in [1.82, 2.24) is 15.6 Å². The standard InChI is InChI=1S/C16H21N3O2S.2ClH/c1-10-8-12(5-6-17-10)18-15(20)9-13-11(2)21-16(19-13)14-4-3-7-22-14;;/h3-4,7,10,12,17H,5-6,8-9H2,1-2H3,(H,18,20);2*1H. The van der Waals surface area contributed by atoms with Gasteiger partial charge in [0.2, 0.25) is 11.8 Å². The summed E-state index contributed by atoms with van der Waals surface area (Å²) in [4.78, 5) is 17.7. The number of nitrogens with zero attached hydrogens (tertiary/aromatic N) is 1. The molecule has 134 valence electrons. The highest BCUT2D eigenvalue weighted by Gasteiger charge is 2.21. The number of halogens is 2. The fourth-order valence-electron chi connectivity index (χ4n) is 2.79. The predicted octanol–water partition coefficient (Wildman–Crippen LogP) is 3.35. The number of hydrogen-bond donors (Lipinski definition) is 2. The van der Waals surface area contributed by atoms with Crippen LogP contribution in [0.4, 0.5) is 0 Å². The molecule has 3 rings (SSSR count). The summed E-state index contributed by atoms with van der Waals surface area (Å²) in [5.74, 6) is 1.34. The van der Waals surface area contributed by atoms with Crippen LogP contribution in [0.3, 0.4) is 0 Å². The Labute approximate surface area is 158 Å². The molecule has 3 heterocycles. The van der Waals surface area contributed by atoms with E-state index in [4.69, 9.17) is 4.42 Å². The quantitative estimate of drug-likeness (QED) is 0.838. The molecule has 5 nitrogen and oxygen atoms in total. The number of oxazole rings is 1. The molecule has 1 fully saturated rings. The maximum Gasteiger partial charge on any atom is 0.236 e. The van der Waals surface area contributed by atoms with E-state index in [0.29, 0.717) is 11.9 Å². The van der Waals surface area contributed by atoms with Crippen molar-refractivity contribution in [3.05, 3.63) is 29.0 Å². The summed E-state index contributed by atoms with van der Waals surface area (Å²) >= 11 is 1.58. The van der Waals surface area contributed by atoms with Gasteiger partial charge in [-0.05, 0) is 44.7 Å². The Morgan fingerprint density at radius 2 is 2.29 bits per heavy atom. The summed E-state index contributed by atoms with van der Waals surface area (Å²) in [6.07, 6.45) is 2.23. The zero-order valence-electron chi connectivity index (χ0n) is 13.7. The topological polar surface area (TPSA) is 67.2 Å². The Morgan fingerprint density at radius 1 is 1.50 bits per heavy atom. The molecule has 0 aliphatic carbocycles. The molecule has 2 N–H and O–H groups in total. The lowest BCUT2D eigenvalue weighted by Gasteiger charge is -2.28. The molecule has 8 heteroatoms. The van der Waals surface area contributed by atoms with Crippen molar-refractivity contribution in [2.24, 2.45) is 0 Å². The number of hydrogen-bond acceptors (Lipinski definition) is 5. The second-order valence-corrected chi connectivity index (χ2v) is 6.77. The predicted molar refractivity (Wildman–Crippen MR) is 101 cm³/mol. The molecular weight excluding hydrogens is 369 g/mol. The lowest BCUT2D eigenvalue weighted by molar-refractivity contribution is -0.121. The van der Waals surface area contributed by atoms with E-state index in [0.717, 1.165) is 35.7 Å². The Bertz CT molecular complexity index is 646. The van der Waals surface area contributed by atoms with Crippen molar-refractivity contribution in [3.63, 3.8) is 0 Å². The van der Waals surface area contributed by atoms with Gasteiger partial charge < -0.3 is 15.1 Å². The minimum absolute atomic E-state index is 0. The summed E-state index contributed by atoms with van der Waals surface area (Å²) < 4.78 is 5.68. The number of nitrogens with one attached hydrogen (secondary N) is 2. The second kappa shape index (κ2) is 9.42. The van der Waals surface area contributed by atoms with Gasteiger partial charge in [0.25, 0.3) is 0 Å². The van der Waals surface area contributed by atoms with Crippen LogP contribution in [0.15, 0.2) is 21.9 Å². The first kappa shape index (κ1) is 21.0. The molecule has 0 spiro atoms. The third-order valence-electron chi connectivity index (χ3n) is 3.94. The molecular formula is C16H23Cl2N3O2S. The molecule has 2 aromatic rings. The van der Waals surface area contributed by atoms with Crippen LogP contribution in [0.2, 0.25) is 0 Å². The second-order valence-electron chi connectivity index (χ2n) is 5.82. The number of piperidine rings is 1. The van der Waals surface area contributed by atoms with Crippen LogP contribution in [0, 0.1) is 6.92 Å². The van der Waals surface area contributed by atoms with Crippen molar-refractivity contribution in [3.8, 4) is 10.8 Å². The molecule has 1 aliphatic rings. The van der Waals surface area contributed by atoms with E-state index in [1.54, 1.807) is 11.3 Å². The SMILES string of the molecule is Cc1oc(-c2cccs2)nc1CC(=O)NC1CCNC(C)C1.Cl.Cl. The first-order chi connectivity index (χ1) is 10.6. The number of thiophene rings is 1. The van der Waals surface area contributed by atoms with Crippen LogP contribution in [0.25, 0.3) is 10.8 Å². The molecule has 1 aliphatic heterocycles. The smallest absolute Gasteiger partial charge is 0.236 e. The summed E-state index contributed by atoms with van der Waals surface area (Å²) in [6.45, 7) is 4.96. The van der Waals surface area contributed by atoms with E-state index in [9.17, 15) is 4.79 Å². The summed E-state index contributed by atoms with van der Waals surface area (Å²) in [7, 11) is 0. The normalized spacial score (nSPS) is 19.9. The van der Waals surface area contributed by atoms with E-state index in [-0.39, 0.29) is 43.2 Å². The Morgan fingerprint density at radius 3 is 2.96 bits per heavy atom. The number of aryl methyl sites for hydroxylation is 1. The summed E-state index contributed by atoms with van der Waals surface area (Å²) in [5, 5.41) is 8.48. The molecule has 2 unspecified atom stereocenters. The first-order valence-electron chi connectivity index (χ1n) is 7.64. The number of carbonyl (C=O) groups is 1. The van der Waals surface area contributed by atoms with Gasteiger partial charge in [-0.2, -0.15) is 0 Å². The van der Waals surface area contributed by atoms with E-state index in [1.807, 2.05) is 24.4 Å². The third-order valence-corrected chi connectivity index (χ3v) is 4.80. The zero-order valence-corrected chi connectivity index (χ0v) is 16.2. The van der Waals surface area contributed by atoms with Crippen molar-refractivity contribution in [2.75, 3.05) is 6.54 Å². The highest BCUT2D eigenvalue weighted by Crippen LogP contribution is 2.26. The van der Waals surface area contributed by atoms with E-state index in [1.165, 1.54) is 0 Å². The van der Waals surface area contributed by atoms with Gasteiger partial charge in [0, 0.05) is 12.1 Å². The Hall–Kier alpha value is -1.08. The maximum absolute atomic E-state index is 12.2. The van der Waals surface area contributed by atoms with Crippen LogP contribution in [0.5, 0.6) is 0 Å². The average Bonchev–Trinajstić information content (AvgIpc) is 3.09. The fourth-order valence-corrected chi connectivity index (χ4v) is 3.44. The Kier molecular flexibility index (Phi) is 8.22. The van der Waals surface area contributed by atoms with Crippen LogP contribution in [0.1, 0.15) is 31.2 Å². The van der Waals surface area contributed by atoms with Crippen LogP contribution >= 0.6 is 36.2 Å². The molecule has 2 aromatic heterocycles. The molecule has 0 aromatic carbocycles. The highest BCUT2D eigenvalue weighted by molar-refractivity contribution is 7.13. The number of rotatable bonds is 4. The number of amides is 1. The van der Waals surface area contributed by atoms with Gasteiger partial charge >= 0.3 is 0 Å². The van der Waals surface area contributed by atoms with Crippen molar-refractivity contribution in [1.29, 1.82) is 0 Å². The van der Waals surface area contributed by atoms with Crippen molar-refractivity contribution in [2.45, 2.75) is 45.2 Å². The average molecular weight is 392 g/mol. The first-order valence-corrected chi connectivity index (χ1v) is 8.52. The molecule has 1 amide bonds. The van der Waals surface area contributed by atoms with Crippen molar-refractivity contribution >= 4 is 42.1 Å². The zero-order chi connectivity index (χ0) is 15.5. The van der Waals surface area contributed by atoms with E-state index < -0.39 is 0 Å². The number of carbonyl (C=O) groups excluding carboxylic acids is 1. The van der Waals surface area contributed by atoms with Gasteiger partial charge in [0.15, 0.2) is 0 Å². The fraction of sp³-hybridized carbons (Fsp3) is 0.500. The van der Waals surface area contributed by atoms with E-state index in [2.05, 4.69) is 22.5 Å². The third kappa shape index (κ3) is 5.21. The number of aromatic nitrogens is 1. The molecule has 0 radical (unpaired) electrons. The van der Waals surface area contributed by atoms with Crippen molar-refractivity contribution < 1.29 is 9.21 Å². The van der Waals surface area contributed by atoms with E-state index >= 15 is 0 Å². The lowest BCUT2D eigenvalue weighted by atomic mass is 10.0. The molecule has 0 saturated carbocycles. The maximum atomic E-state index is 12.2. The van der Waals surface area contributed by atoms with Gasteiger partial charge in [-0.25, -0.2) is 4.98 Å². The van der Waals surface area contributed by atoms with Gasteiger partial charge in [-0.1, -0.05) is 6.07 Å². The van der Waals surface area contributed by atoms with Crippen LogP contribution in [-0.4, -0.2) is 29.5 Å². The monoisotopic (exact) mass is 391 g/mol. The van der Waals surface area contributed by atoms with Gasteiger partial charge in [0.05, 0.1) is 17.0 Å². The van der Waals surface area contributed by atoms with Gasteiger partial charge in [0.1, 0.15) is 5.76 Å². The lowest BCUT2D eigenvalue weighted by Crippen LogP contribution is -2.47. The van der Waals surface area contributed by atoms with Gasteiger partial charge in [-0.15, -0.1) is 36.2 Å². The molecule has 2 atom stereocenters. The Balaban J connectivity index is 0.00000144. The molecule has 1 saturated heterocycles. The summed E-state index contributed by atoms with van der Waals surface area (Å²) in [6, 6.07) is 4.64. The minimum Gasteiger partial charge on any atom is -0.440 e. The van der Waals surface area contributed by atoms with Gasteiger partial charge in [-0.3, -0.25) is 4.79 Å². The molecule has 24 heavy (non-hydrogen) atoms. The minimum atomic E-state index is 0.